The van der Waals surface area contributed by atoms with Crippen LogP contribution in [0, 0.1) is 6.67 Å². The van der Waals surface area contributed by atoms with Gasteiger partial charge in [0.2, 0.25) is 0 Å². The van der Waals surface area contributed by atoms with Crippen LogP contribution >= 0.6 is 0 Å². The summed E-state index contributed by atoms with van der Waals surface area (Å²) in [6, 6.07) is 0. The van der Waals surface area contributed by atoms with Gasteiger partial charge in [0, 0.05) is 6.54 Å². The lowest BCUT2D eigenvalue weighted by Crippen LogP contribution is -2.15. The van der Waals surface area contributed by atoms with Gasteiger partial charge in [-0.05, 0) is 0 Å². The number of rotatable bonds is 0. The molecule has 0 unspecified atom stereocenters. The molecule has 0 spiro atoms. The van der Waals surface area contributed by atoms with Crippen LogP contribution in [0.2, 0.25) is 0 Å². The van der Waals surface area contributed by atoms with Crippen molar-refractivity contribution in [1.29, 1.82) is 0 Å². The van der Waals surface area contributed by atoms with Crippen molar-refractivity contribution in [1.82, 2.24) is 5.32 Å². The van der Waals surface area contributed by atoms with Crippen LogP contribution in [-0.2, 0) is 0 Å². The molecule has 1 aliphatic rings. The molecule has 6 heavy (non-hydrogen) atoms. The molecule has 3 heteroatoms. The molecule has 0 fully saturated rings. The van der Waals surface area contributed by atoms with Crippen LogP contribution in [0.25, 0.3) is 0 Å². The average Bonchev–Trinajstić information content (AvgIpc) is 1.72. The predicted molar refractivity (Wildman–Crippen MR) is 22.0 cm³/mol. The monoisotopic (exact) mass is 84.1 g/mol. The van der Waals surface area contributed by atoms with E-state index in [0.29, 0.717) is 0 Å². The van der Waals surface area contributed by atoms with Gasteiger partial charge in [-0.15, -0.1) is 0 Å². The Bertz CT molecular complexity index is 51.1. The molecule has 1 radical (unpaired) electrons. The van der Waals surface area contributed by atoms with Gasteiger partial charge in [-0.3, -0.25) is 5.32 Å². The van der Waals surface area contributed by atoms with Crippen molar-refractivity contribution in [3.05, 3.63) is 6.67 Å². The van der Waals surface area contributed by atoms with E-state index in [4.69, 9.17) is 0 Å². The topological polar surface area (TPSA) is 36.8 Å². The molecule has 1 rings (SSSR count). The van der Waals surface area contributed by atoms with E-state index in [0.717, 1.165) is 13.1 Å². The van der Waals surface area contributed by atoms with Crippen molar-refractivity contribution in [2.75, 3.05) is 13.1 Å². The normalized spacial score (nSPS) is 21.3. The van der Waals surface area contributed by atoms with Crippen molar-refractivity contribution in [3.8, 4) is 0 Å². The minimum Gasteiger partial charge on any atom is -0.289 e. The van der Waals surface area contributed by atoms with Crippen molar-refractivity contribution in [2.24, 2.45) is 10.2 Å². The molecule has 3 nitrogen and oxygen atoms in total. The highest BCUT2D eigenvalue weighted by Gasteiger charge is 1.87. The summed E-state index contributed by atoms with van der Waals surface area (Å²) in [5, 5.41) is 10.1. The first-order valence-electron chi connectivity index (χ1n) is 1.92. The summed E-state index contributed by atoms with van der Waals surface area (Å²) in [6.07, 6.45) is 0. The third kappa shape index (κ3) is 0.755. The Hall–Kier alpha value is -0.440. The second-order valence-electron chi connectivity index (χ2n) is 1.06. The fourth-order valence-electron chi connectivity index (χ4n) is 0.318. The van der Waals surface area contributed by atoms with Gasteiger partial charge in [-0.1, -0.05) is 0 Å². The first-order valence-corrected chi connectivity index (χ1v) is 1.92. The summed E-state index contributed by atoms with van der Waals surface area (Å²) < 4.78 is 0. The molecular weight excluding hydrogens is 78.1 g/mol. The zero-order chi connectivity index (χ0) is 4.24. The summed E-state index contributed by atoms with van der Waals surface area (Å²) in [7, 11) is 0. The maximum atomic E-state index is 3.68. The third-order valence-electron chi connectivity index (χ3n) is 0.587. The van der Waals surface area contributed by atoms with Crippen LogP contribution in [0.15, 0.2) is 10.2 Å². The molecule has 0 atom stereocenters. The highest BCUT2D eigenvalue weighted by Crippen LogP contribution is 1.82. The van der Waals surface area contributed by atoms with Gasteiger partial charge in [0.1, 0.15) is 0 Å². The number of azo groups is 1. The molecule has 0 bridgehead atoms. The highest BCUT2D eigenvalue weighted by atomic mass is 15.2. The molecule has 1 N–H and O–H groups in total. The summed E-state index contributed by atoms with van der Waals surface area (Å²) >= 11 is 0. The minimum atomic E-state index is 0.816. The van der Waals surface area contributed by atoms with Crippen molar-refractivity contribution < 1.29 is 0 Å². The standard InChI is InChI=1S/C3H6N3/c1-2-5-6-3-4-1/h3-4H,1-2H2. The van der Waals surface area contributed by atoms with Gasteiger partial charge < -0.3 is 0 Å². The van der Waals surface area contributed by atoms with Crippen molar-refractivity contribution in [3.63, 3.8) is 0 Å². The van der Waals surface area contributed by atoms with Gasteiger partial charge >= 0.3 is 0 Å². The zero-order valence-corrected chi connectivity index (χ0v) is 3.39. The van der Waals surface area contributed by atoms with Gasteiger partial charge in [-0.2, -0.15) is 10.2 Å². The van der Waals surface area contributed by atoms with E-state index in [1.165, 1.54) is 0 Å². The third-order valence-corrected chi connectivity index (χ3v) is 0.587. The second-order valence-corrected chi connectivity index (χ2v) is 1.06. The number of hydrogen-bond acceptors (Lipinski definition) is 3. The van der Waals surface area contributed by atoms with E-state index < -0.39 is 0 Å². The Labute approximate surface area is 36.5 Å². The maximum absolute atomic E-state index is 3.68. The number of nitrogens with zero attached hydrogens (tertiary/aromatic N) is 2. The predicted octanol–water partition coefficient (Wildman–Crippen LogP) is 0.161. The van der Waals surface area contributed by atoms with E-state index in [9.17, 15) is 0 Å². The van der Waals surface area contributed by atoms with E-state index in [2.05, 4.69) is 15.5 Å². The van der Waals surface area contributed by atoms with Gasteiger partial charge in [0.15, 0.2) is 6.67 Å². The lowest BCUT2D eigenvalue weighted by molar-refractivity contribution is 0.687. The molecule has 0 aliphatic carbocycles. The van der Waals surface area contributed by atoms with E-state index in [1.807, 2.05) is 0 Å². The smallest absolute Gasteiger partial charge is 0.158 e. The molecule has 1 heterocycles. The Balaban J connectivity index is 2.26. The molecule has 0 aromatic carbocycles. The number of hydrogen-bond donors (Lipinski definition) is 1. The molecule has 0 aromatic heterocycles. The Morgan fingerprint density at radius 2 is 2.67 bits per heavy atom. The van der Waals surface area contributed by atoms with Gasteiger partial charge in [0.25, 0.3) is 0 Å². The molecule has 0 amide bonds. The molecule has 33 valence electrons. The van der Waals surface area contributed by atoms with Crippen LogP contribution in [0.4, 0.5) is 0 Å². The first-order chi connectivity index (χ1) is 3.00. The second kappa shape index (κ2) is 1.87. The number of nitrogens with one attached hydrogen (secondary N) is 1. The summed E-state index contributed by atoms with van der Waals surface area (Å²) in [4.78, 5) is 0. The lowest BCUT2D eigenvalue weighted by Gasteiger charge is -1.98. The van der Waals surface area contributed by atoms with E-state index in [-0.39, 0.29) is 0 Å². The molecule has 0 saturated carbocycles. The highest BCUT2D eigenvalue weighted by molar-refractivity contribution is 4.61. The fourth-order valence-corrected chi connectivity index (χ4v) is 0.318. The molecule has 0 saturated heterocycles. The van der Waals surface area contributed by atoms with Crippen LogP contribution in [0.3, 0.4) is 0 Å². The zero-order valence-electron chi connectivity index (χ0n) is 3.39. The maximum Gasteiger partial charge on any atom is 0.158 e. The summed E-state index contributed by atoms with van der Waals surface area (Å²) in [5.74, 6) is 0. The van der Waals surface area contributed by atoms with E-state index in [1.54, 1.807) is 6.67 Å². The quantitative estimate of drug-likeness (QED) is 0.446. The van der Waals surface area contributed by atoms with E-state index >= 15 is 0 Å². The SMILES string of the molecule is [CH]1N=NCCN1. The first kappa shape index (κ1) is 3.74. The van der Waals surface area contributed by atoms with Crippen LogP contribution in [0.5, 0.6) is 0 Å². The van der Waals surface area contributed by atoms with Crippen molar-refractivity contribution in [2.45, 2.75) is 0 Å². The summed E-state index contributed by atoms with van der Waals surface area (Å²) in [5.41, 5.74) is 0. The molecule has 0 aromatic rings. The largest absolute Gasteiger partial charge is 0.289 e. The van der Waals surface area contributed by atoms with Crippen molar-refractivity contribution >= 4 is 0 Å². The molecule has 1 aliphatic heterocycles. The Kier molecular flexibility index (Phi) is 1.17. The summed E-state index contributed by atoms with van der Waals surface area (Å²) in [6.45, 7) is 3.35. The van der Waals surface area contributed by atoms with Gasteiger partial charge in [-0.25, -0.2) is 0 Å². The van der Waals surface area contributed by atoms with Crippen LogP contribution in [-0.4, -0.2) is 13.1 Å². The van der Waals surface area contributed by atoms with Crippen LogP contribution < -0.4 is 5.32 Å². The van der Waals surface area contributed by atoms with Gasteiger partial charge in [0.05, 0.1) is 6.54 Å². The Morgan fingerprint density at radius 3 is 2.83 bits per heavy atom. The minimum absolute atomic E-state index is 0.816. The lowest BCUT2D eigenvalue weighted by atomic mass is 10.6. The van der Waals surface area contributed by atoms with Crippen LogP contribution in [0.1, 0.15) is 0 Å². The molecular formula is C3H6N3. The average molecular weight is 84.1 g/mol. The Morgan fingerprint density at radius 1 is 1.67 bits per heavy atom. The fraction of sp³-hybridized carbons (Fsp3) is 0.667.